The number of carbonyl (C=O) groups excluding carboxylic acids is 1. The average molecular weight is 556 g/mol. The lowest BCUT2D eigenvalue weighted by atomic mass is 10.2. The summed E-state index contributed by atoms with van der Waals surface area (Å²) in [5.74, 6) is 1.43. The molecule has 1 amide bonds. The average Bonchev–Trinajstić information content (AvgIpc) is 3.53. The van der Waals surface area contributed by atoms with Gasteiger partial charge in [-0.25, -0.2) is 14.6 Å². The van der Waals surface area contributed by atoms with Crippen LogP contribution in [0.1, 0.15) is 13.8 Å². The van der Waals surface area contributed by atoms with Gasteiger partial charge in [0.05, 0.1) is 35.5 Å². The van der Waals surface area contributed by atoms with E-state index in [-0.39, 0.29) is 5.91 Å². The van der Waals surface area contributed by atoms with E-state index in [1.807, 2.05) is 55.7 Å². The molecule has 0 bridgehead atoms. The number of hydrogen-bond acceptors (Lipinski definition) is 9. The van der Waals surface area contributed by atoms with Crippen LogP contribution in [0.2, 0.25) is 0 Å². The number of anilines is 6. The van der Waals surface area contributed by atoms with E-state index in [0.717, 1.165) is 43.2 Å². The maximum atomic E-state index is 12.3. The number of nitrogens with one attached hydrogen (secondary N) is 3. The van der Waals surface area contributed by atoms with Gasteiger partial charge in [-0.2, -0.15) is 5.10 Å². The maximum absolute atomic E-state index is 12.3. The van der Waals surface area contributed by atoms with Crippen LogP contribution in [0.3, 0.4) is 0 Å². The number of ether oxygens (including phenoxy) is 1. The van der Waals surface area contributed by atoms with E-state index in [2.05, 4.69) is 61.2 Å². The molecule has 0 aliphatic carbocycles. The molecule has 11 heteroatoms. The molecule has 41 heavy (non-hydrogen) atoms. The Morgan fingerprint density at radius 2 is 1.73 bits per heavy atom. The van der Waals surface area contributed by atoms with Gasteiger partial charge in [0.2, 0.25) is 5.91 Å². The third kappa shape index (κ3) is 7.40. The van der Waals surface area contributed by atoms with Gasteiger partial charge in [0.25, 0.3) is 0 Å². The number of likely N-dealkylation sites (N-methyl/N-ethyl adjacent to an activating group) is 2. The summed E-state index contributed by atoms with van der Waals surface area (Å²) in [7, 11) is 3.61. The molecular weight excluding hydrogens is 518 g/mol. The molecule has 0 aliphatic rings. The van der Waals surface area contributed by atoms with Gasteiger partial charge in [-0.3, -0.25) is 4.79 Å². The minimum atomic E-state index is -0.302. The third-order valence-corrected chi connectivity index (χ3v) is 6.67. The number of aromatic nitrogens is 4. The first kappa shape index (κ1) is 29.1. The van der Waals surface area contributed by atoms with Crippen LogP contribution in [-0.4, -0.2) is 70.9 Å². The quantitative estimate of drug-likeness (QED) is 0.184. The summed E-state index contributed by atoms with van der Waals surface area (Å²) in [6.45, 7) is 11.5. The standard InChI is InChI=1S/C30H37N9O2/c1-6-30(40)36-23-18-24(27(41-5)19-26(23)37(4)16-17-38(7-2)8-3)35-29-20-28(31-21-32-29)34-22-12-9-10-13-25(22)39-15-11-14-33-39/h6,9-15,18-21H,1,7-8,16-17H2,2-5H3,(H,36,40)(H2,31,32,34,35). The largest absolute Gasteiger partial charge is 0.494 e. The number of carbonyl (C=O) groups is 1. The second kappa shape index (κ2) is 13.9. The molecule has 11 nitrogen and oxygen atoms in total. The van der Waals surface area contributed by atoms with Crippen LogP contribution >= 0.6 is 0 Å². The molecule has 0 unspecified atom stereocenters. The predicted molar refractivity (Wildman–Crippen MR) is 165 cm³/mol. The zero-order valence-corrected chi connectivity index (χ0v) is 24.0. The summed E-state index contributed by atoms with van der Waals surface area (Å²) >= 11 is 0. The normalized spacial score (nSPS) is 10.8. The van der Waals surface area contributed by atoms with Gasteiger partial charge < -0.3 is 30.5 Å². The van der Waals surface area contributed by atoms with E-state index >= 15 is 0 Å². The smallest absolute Gasteiger partial charge is 0.247 e. The molecule has 0 saturated heterocycles. The van der Waals surface area contributed by atoms with Gasteiger partial charge in [0, 0.05) is 44.7 Å². The predicted octanol–water partition coefficient (Wildman–Crippen LogP) is 5.06. The van der Waals surface area contributed by atoms with Crippen LogP contribution in [0.25, 0.3) is 5.69 Å². The molecular formula is C30H37N9O2. The summed E-state index contributed by atoms with van der Waals surface area (Å²) in [5, 5.41) is 14.0. The van der Waals surface area contributed by atoms with Crippen molar-refractivity contribution in [1.29, 1.82) is 0 Å². The number of amides is 1. The molecule has 2 aromatic carbocycles. The maximum Gasteiger partial charge on any atom is 0.247 e. The Labute approximate surface area is 240 Å². The van der Waals surface area contributed by atoms with Crippen LogP contribution in [0, 0.1) is 0 Å². The number of benzene rings is 2. The SMILES string of the molecule is C=CC(=O)Nc1cc(Nc2cc(Nc3ccccc3-n3cccn3)ncn2)c(OC)cc1N(C)CCN(CC)CC. The van der Waals surface area contributed by atoms with Crippen LogP contribution in [0.15, 0.2) is 79.9 Å². The van der Waals surface area contributed by atoms with Crippen molar-refractivity contribution in [3.05, 3.63) is 79.9 Å². The van der Waals surface area contributed by atoms with Crippen LogP contribution in [-0.2, 0) is 4.79 Å². The van der Waals surface area contributed by atoms with Crippen LogP contribution in [0.4, 0.5) is 34.4 Å². The first-order valence-electron chi connectivity index (χ1n) is 13.5. The first-order valence-corrected chi connectivity index (χ1v) is 13.5. The number of methoxy groups -OCH3 is 1. The van der Waals surface area contributed by atoms with Gasteiger partial charge in [0.1, 0.15) is 23.7 Å². The molecule has 0 saturated carbocycles. The molecule has 4 aromatic rings. The minimum absolute atomic E-state index is 0.302. The Balaban J connectivity index is 1.61. The fraction of sp³-hybridized carbons (Fsp3) is 0.267. The number of nitrogens with zero attached hydrogens (tertiary/aromatic N) is 6. The molecule has 214 valence electrons. The summed E-state index contributed by atoms with van der Waals surface area (Å²) in [6, 6.07) is 15.2. The highest BCUT2D eigenvalue weighted by atomic mass is 16.5. The molecule has 0 atom stereocenters. The lowest BCUT2D eigenvalue weighted by molar-refractivity contribution is -0.111. The van der Waals surface area contributed by atoms with Crippen LogP contribution in [0.5, 0.6) is 5.75 Å². The highest BCUT2D eigenvalue weighted by Gasteiger charge is 2.17. The number of para-hydroxylation sites is 2. The summed E-state index contributed by atoms with van der Waals surface area (Å²) < 4.78 is 7.53. The van der Waals surface area contributed by atoms with Gasteiger partial charge in [-0.1, -0.05) is 32.6 Å². The molecule has 0 radical (unpaired) electrons. The first-order chi connectivity index (χ1) is 19.9. The van der Waals surface area contributed by atoms with Crippen molar-refractivity contribution >= 4 is 40.3 Å². The molecule has 0 spiro atoms. The fourth-order valence-electron chi connectivity index (χ4n) is 4.35. The van der Waals surface area contributed by atoms with Gasteiger partial charge in [-0.15, -0.1) is 0 Å². The Hall–Kier alpha value is -4.90. The molecule has 3 N–H and O–H groups in total. The van der Waals surface area contributed by atoms with E-state index in [9.17, 15) is 4.79 Å². The van der Waals surface area contributed by atoms with E-state index in [0.29, 0.717) is 28.8 Å². The Kier molecular flexibility index (Phi) is 9.89. The van der Waals surface area contributed by atoms with E-state index in [1.54, 1.807) is 24.1 Å². The zero-order valence-electron chi connectivity index (χ0n) is 24.0. The lowest BCUT2D eigenvalue weighted by Gasteiger charge is -2.27. The lowest BCUT2D eigenvalue weighted by Crippen LogP contribution is -2.33. The van der Waals surface area contributed by atoms with E-state index in [4.69, 9.17) is 4.74 Å². The van der Waals surface area contributed by atoms with Crippen molar-refractivity contribution in [3.63, 3.8) is 0 Å². The summed E-state index contributed by atoms with van der Waals surface area (Å²) in [6.07, 6.45) is 6.34. The Morgan fingerprint density at radius 3 is 2.39 bits per heavy atom. The highest BCUT2D eigenvalue weighted by Crippen LogP contribution is 2.38. The number of rotatable bonds is 14. The molecule has 4 rings (SSSR count). The van der Waals surface area contributed by atoms with Crippen molar-refractivity contribution in [2.24, 2.45) is 0 Å². The van der Waals surface area contributed by atoms with Crippen molar-refractivity contribution in [2.75, 3.05) is 61.2 Å². The van der Waals surface area contributed by atoms with Gasteiger partial charge in [0.15, 0.2) is 0 Å². The Bertz CT molecular complexity index is 1450. The van der Waals surface area contributed by atoms with E-state index in [1.165, 1.54) is 12.4 Å². The van der Waals surface area contributed by atoms with Crippen molar-refractivity contribution in [2.45, 2.75) is 13.8 Å². The fourth-order valence-corrected chi connectivity index (χ4v) is 4.35. The molecule has 2 aromatic heterocycles. The van der Waals surface area contributed by atoms with Gasteiger partial charge >= 0.3 is 0 Å². The Morgan fingerprint density at radius 1 is 1.00 bits per heavy atom. The topological polar surface area (TPSA) is 112 Å². The molecule has 0 fully saturated rings. The molecule has 2 heterocycles. The van der Waals surface area contributed by atoms with E-state index < -0.39 is 0 Å². The highest BCUT2D eigenvalue weighted by molar-refractivity contribution is 6.02. The summed E-state index contributed by atoms with van der Waals surface area (Å²) in [4.78, 5) is 25.6. The van der Waals surface area contributed by atoms with Crippen molar-refractivity contribution in [3.8, 4) is 11.4 Å². The second-order valence-corrected chi connectivity index (χ2v) is 9.22. The third-order valence-electron chi connectivity index (χ3n) is 6.67. The number of hydrogen-bond donors (Lipinski definition) is 3. The van der Waals surface area contributed by atoms with Crippen molar-refractivity contribution in [1.82, 2.24) is 24.6 Å². The minimum Gasteiger partial charge on any atom is -0.494 e. The van der Waals surface area contributed by atoms with Crippen LogP contribution < -0.4 is 25.6 Å². The summed E-state index contributed by atoms with van der Waals surface area (Å²) in [5.41, 5.74) is 3.81. The van der Waals surface area contributed by atoms with Crippen molar-refractivity contribution < 1.29 is 9.53 Å². The monoisotopic (exact) mass is 555 g/mol. The van der Waals surface area contributed by atoms with Gasteiger partial charge in [-0.05, 0) is 43.4 Å². The second-order valence-electron chi connectivity index (χ2n) is 9.22. The molecule has 0 aliphatic heterocycles. The zero-order chi connectivity index (χ0) is 29.2.